The van der Waals surface area contributed by atoms with Crippen LogP contribution in [0.5, 0.6) is 11.5 Å². The molecule has 0 fully saturated rings. The van der Waals surface area contributed by atoms with Gasteiger partial charge in [-0.25, -0.2) is 0 Å². The van der Waals surface area contributed by atoms with Crippen molar-refractivity contribution in [3.8, 4) is 11.5 Å². The fourth-order valence-corrected chi connectivity index (χ4v) is 2.62. The summed E-state index contributed by atoms with van der Waals surface area (Å²) in [6.07, 6.45) is 0. The van der Waals surface area contributed by atoms with Crippen molar-refractivity contribution in [3.63, 3.8) is 0 Å². The zero-order valence-electron chi connectivity index (χ0n) is 12.9. The zero-order chi connectivity index (χ0) is 15.9. The summed E-state index contributed by atoms with van der Waals surface area (Å²) in [7, 11) is 3.21. The third kappa shape index (κ3) is 4.18. The normalized spacial score (nSPS) is 10.1. The first-order valence-corrected chi connectivity index (χ1v) is 7.82. The van der Waals surface area contributed by atoms with Crippen molar-refractivity contribution in [1.29, 1.82) is 0 Å². The second kappa shape index (κ2) is 7.75. The molecule has 2 rings (SSSR count). The molecule has 0 atom stereocenters. The van der Waals surface area contributed by atoms with Gasteiger partial charge in [0, 0.05) is 10.5 Å². The maximum atomic E-state index is 12.0. The molecule has 2 aromatic rings. The first-order chi connectivity index (χ1) is 10.6. The summed E-state index contributed by atoms with van der Waals surface area (Å²) in [4.78, 5) is 13.0. The van der Waals surface area contributed by atoms with Crippen LogP contribution in [0, 0.1) is 6.92 Å². The number of nitrogens with one attached hydrogen (secondary N) is 1. The van der Waals surface area contributed by atoms with Crippen molar-refractivity contribution in [2.24, 2.45) is 0 Å². The molecule has 0 aliphatic rings. The number of carbonyl (C=O) groups is 1. The Bertz CT molecular complexity index is 641. The Balaban J connectivity index is 1.90. The molecule has 0 aliphatic carbocycles. The van der Waals surface area contributed by atoms with E-state index < -0.39 is 0 Å². The molecular weight excluding hydrogens is 298 g/mol. The summed E-state index contributed by atoms with van der Waals surface area (Å²) in [5.41, 5.74) is 1.80. The number of hydrogen-bond acceptors (Lipinski definition) is 4. The van der Waals surface area contributed by atoms with Gasteiger partial charge in [0.25, 0.3) is 5.91 Å². The minimum atomic E-state index is -0.0759. The highest BCUT2D eigenvalue weighted by Crippen LogP contribution is 2.31. The van der Waals surface area contributed by atoms with Crippen LogP contribution in [0.15, 0.2) is 47.4 Å². The molecule has 5 heteroatoms. The van der Waals surface area contributed by atoms with Crippen molar-refractivity contribution < 1.29 is 14.3 Å². The summed E-state index contributed by atoms with van der Waals surface area (Å²) < 4.78 is 10.5. The van der Waals surface area contributed by atoms with Crippen molar-refractivity contribution in [2.75, 3.05) is 20.1 Å². The molecule has 0 aliphatic heterocycles. The van der Waals surface area contributed by atoms with Crippen LogP contribution in [-0.2, 0) is 0 Å². The maximum absolute atomic E-state index is 12.0. The van der Waals surface area contributed by atoms with E-state index in [0.717, 1.165) is 10.5 Å². The quantitative estimate of drug-likeness (QED) is 0.654. The molecule has 0 aromatic heterocycles. The third-order valence-corrected chi connectivity index (χ3v) is 4.02. The van der Waals surface area contributed by atoms with Gasteiger partial charge in [-0.1, -0.05) is 17.7 Å². The molecule has 22 heavy (non-hydrogen) atoms. The van der Waals surface area contributed by atoms with E-state index in [1.165, 1.54) is 11.8 Å². The minimum absolute atomic E-state index is 0.0759. The van der Waals surface area contributed by atoms with E-state index in [9.17, 15) is 4.79 Å². The van der Waals surface area contributed by atoms with Gasteiger partial charge in [-0.3, -0.25) is 4.79 Å². The molecule has 4 nitrogen and oxygen atoms in total. The number of thioether (sulfide) groups is 1. The molecule has 0 radical (unpaired) electrons. The number of carbonyl (C=O) groups excluding carboxylic acids is 1. The second-order valence-corrected chi connectivity index (χ2v) is 5.73. The van der Waals surface area contributed by atoms with Gasteiger partial charge >= 0.3 is 0 Å². The molecular formula is C17H19NO3S. The Morgan fingerprint density at radius 3 is 2.36 bits per heavy atom. The van der Waals surface area contributed by atoms with Gasteiger partial charge in [0.2, 0.25) is 0 Å². The zero-order valence-corrected chi connectivity index (χ0v) is 13.7. The SMILES string of the molecule is COc1ccc(SCNC(=O)c2ccc(C)cc2)cc1OC. The number of ether oxygens (including phenoxy) is 2. The average Bonchev–Trinajstić information content (AvgIpc) is 2.55. The number of methoxy groups -OCH3 is 2. The van der Waals surface area contributed by atoms with Crippen molar-refractivity contribution in [2.45, 2.75) is 11.8 Å². The first kappa shape index (κ1) is 16.2. The van der Waals surface area contributed by atoms with Crippen molar-refractivity contribution in [1.82, 2.24) is 5.32 Å². The van der Waals surface area contributed by atoms with E-state index in [2.05, 4.69) is 5.32 Å². The molecule has 0 heterocycles. The van der Waals surface area contributed by atoms with E-state index in [0.29, 0.717) is 22.9 Å². The Labute approximate surface area is 134 Å². The van der Waals surface area contributed by atoms with E-state index >= 15 is 0 Å². The van der Waals surface area contributed by atoms with Gasteiger partial charge in [0.15, 0.2) is 11.5 Å². The van der Waals surface area contributed by atoms with Gasteiger partial charge < -0.3 is 14.8 Å². The average molecular weight is 317 g/mol. The van der Waals surface area contributed by atoms with Gasteiger partial charge in [0.05, 0.1) is 20.1 Å². The summed E-state index contributed by atoms with van der Waals surface area (Å²) in [5, 5.41) is 2.88. The second-order valence-electron chi connectivity index (χ2n) is 4.68. The molecule has 0 saturated carbocycles. The van der Waals surface area contributed by atoms with E-state index in [-0.39, 0.29) is 5.91 Å². The highest BCUT2D eigenvalue weighted by Gasteiger charge is 2.07. The van der Waals surface area contributed by atoms with Gasteiger partial charge in [-0.2, -0.15) is 0 Å². The number of benzene rings is 2. The molecule has 0 spiro atoms. The standard InChI is InChI=1S/C17H19NO3S/c1-12-4-6-13(7-5-12)17(19)18-11-22-14-8-9-15(20-2)16(10-14)21-3/h4-10H,11H2,1-3H3,(H,18,19). The lowest BCUT2D eigenvalue weighted by molar-refractivity contribution is 0.0961. The van der Waals surface area contributed by atoms with Crippen LogP contribution >= 0.6 is 11.8 Å². The molecule has 2 aromatic carbocycles. The number of amides is 1. The fraction of sp³-hybridized carbons (Fsp3) is 0.235. The van der Waals surface area contributed by atoms with Crippen LogP contribution in [0.4, 0.5) is 0 Å². The minimum Gasteiger partial charge on any atom is -0.493 e. The van der Waals surface area contributed by atoms with Crippen molar-refractivity contribution >= 4 is 17.7 Å². The smallest absolute Gasteiger partial charge is 0.251 e. The summed E-state index contributed by atoms with van der Waals surface area (Å²) in [6, 6.07) is 13.2. The third-order valence-electron chi connectivity index (χ3n) is 3.14. The van der Waals surface area contributed by atoms with E-state index in [1.807, 2.05) is 49.4 Å². The highest BCUT2D eigenvalue weighted by atomic mass is 32.2. The maximum Gasteiger partial charge on any atom is 0.251 e. The van der Waals surface area contributed by atoms with Crippen LogP contribution in [0.25, 0.3) is 0 Å². The van der Waals surface area contributed by atoms with Gasteiger partial charge in [-0.15, -0.1) is 11.8 Å². The monoisotopic (exact) mass is 317 g/mol. The van der Waals surface area contributed by atoms with Crippen LogP contribution < -0.4 is 14.8 Å². The topological polar surface area (TPSA) is 47.6 Å². The van der Waals surface area contributed by atoms with Crippen LogP contribution in [0.1, 0.15) is 15.9 Å². The largest absolute Gasteiger partial charge is 0.493 e. The number of rotatable bonds is 6. The van der Waals surface area contributed by atoms with Crippen LogP contribution in [0.3, 0.4) is 0 Å². The Morgan fingerprint density at radius 1 is 1.05 bits per heavy atom. The molecule has 1 N–H and O–H groups in total. The van der Waals surface area contributed by atoms with E-state index in [4.69, 9.17) is 9.47 Å². The van der Waals surface area contributed by atoms with Gasteiger partial charge in [-0.05, 0) is 37.3 Å². The fourth-order valence-electron chi connectivity index (χ4n) is 1.90. The van der Waals surface area contributed by atoms with Crippen LogP contribution in [0.2, 0.25) is 0 Å². The predicted molar refractivity (Wildman–Crippen MR) is 88.9 cm³/mol. The lowest BCUT2D eigenvalue weighted by Crippen LogP contribution is -2.22. The Kier molecular flexibility index (Phi) is 5.72. The molecule has 0 unspecified atom stereocenters. The highest BCUT2D eigenvalue weighted by molar-refractivity contribution is 7.99. The summed E-state index contributed by atoms with van der Waals surface area (Å²) in [5.74, 6) is 1.78. The van der Waals surface area contributed by atoms with E-state index in [1.54, 1.807) is 14.2 Å². The lowest BCUT2D eigenvalue weighted by atomic mass is 10.1. The lowest BCUT2D eigenvalue weighted by Gasteiger charge is -2.10. The molecule has 0 saturated heterocycles. The van der Waals surface area contributed by atoms with Gasteiger partial charge in [0.1, 0.15) is 0 Å². The van der Waals surface area contributed by atoms with Crippen LogP contribution in [-0.4, -0.2) is 26.0 Å². The summed E-state index contributed by atoms with van der Waals surface area (Å²) >= 11 is 1.53. The Morgan fingerprint density at radius 2 is 1.73 bits per heavy atom. The molecule has 1 amide bonds. The number of aryl methyl sites for hydroxylation is 1. The van der Waals surface area contributed by atoms with Crippen molar-refractivity contribution in [3.05, 3.63) is 53.6 Å². The molecule has 116 valence electrons. The summed E-state index contributed by atoms with van der Waals surface area (Å²) in [6.45, 7) is 1.99. The Hall–Kier alpha value is -2.14. The number of hydrogen-bond donors (Lipinski definition) is 1. The first-order valence-electron chi connectivity index (χ1n) is 6.83. The predicted octanol–water partition coefficient (Wildman–Crippen LogP) is 3.49. The molecule has 0 bridgehead atoms.